The van der Waals surface area contributed by atoms with E-state index in [2.05, 4.69) is 10.3 Å². The SMILES string of the molecule is CC(CC(=O)O)NC(=O)c1ccnc(Cl)c1. The van der Waals surface area contributed by atoms with Crippen molar-refractivity contribution in [3.05, 3.63) is 29.0 Å². The molecule has 0 aliphatic heterocycles. The molecule has 0 spiro atoms. The van der Waals surface area contributed by atoms with Crippen molar-refractivity contribution in [1.29, 1.82) is 0 Å². The van der Waals surface area contributed by atoms with Crippen LogP contribution in [0.3, 0.4) is 0 Å². The van der Waals surface area contributed by atoms with Crippen LogP contribution in [0.5, 0.6) is 0 Å². The highest BCUT2D eigenvalue weighted by molar-refractivity contribution is 6.29. The molecule has 0 aromatic carbocycles. The van der Waals surface area contributed by atoms with E-state index in [1.807, 2.05) is 0 Å². The smallest absolute Gasteiger partial charge is 0.305 e. The van der Waals surface area contributed by atoms with Crippen molar-refractivity contribution in [2.75, 3.05) is 0 Å². The molecular weight excluding hydrogens is 232 g/mol. The summed E-state index contributed by atoms with van der Waals surface area (Å²) in [7, 11) is 0. The van der Waals surface area contributed by atoms with Crippen LogP contribution >= 0.6 is 11.6 Å². The standard InChI is InChI=1S/C10H11ClN2O3/c1-6(4-9(14)15)13-10(16)7-2-3-12-8(11)5-7/h2-3,5-6H,4H2,1H3,(H,13,16)(H,14,15). The number of rotatable bonds is 4. The van der Waals surface area contributed by atoms with Crippen LogP contribution in [0.4, 0.5) is 0 Å². The summed E-state index contributed by atoms with van der Waals surface area (Å²) in [5.41, 5.74) is 0.359. The Bertz CT molecular complexity index is 409. The molecule has 0 aliphatic carbocycles. The summed E-state index contributed by atoms with van der Waals surface area (Å²) in [6, 6.07) is 2.50. The number of hydrogen-bond acceptors (Lipinski definition) is 3. The first-order valence-corrected chi connectivity index (χ1v) is 5.01. The number of aliphatic carboxylic acids is 1. The molecule has 0 saturated carbocycles. The molecule has 0 fully saturated rings. The molecule has 16 heavy (non-hydrogen) atoms. The number of nitrogens with zero attached hydrogens (tertiary/aromatic N) is 1. The molecule has 0 saturated heterocycles. The number of carbonyl (C=O) groups excluding carboxylic acids is 1. The summed E-state index contributed by atoms with van der Waals surface area (Å²) in [5, 5.41) is 11.3. The number of carboxylic acids is 1. The zero-order chi connectivity index (χ0) is 12.1. The Morgan fingerprint density at radius 1 is 1.62 bits per heavy atom. The lowest BCUT2D eigenvalue weighted by molar-refractivity contribution is -0.137. The lowest BCUT2D eigenvalue weighted by Crippen LogP contribution is -2.34. The van der Waals surface area contributed by atoms with Crippen molar-refractivity contribution in [2.45, 2.75) is 19.4 Å². The van der Waals surface area contributed by atoms with Crippen LogP contribution in [-0.4, -0.2) is 28.0 Å². The lowest BCUT2D eigenvalue weighted by Gasteiger charge is -2.11. The Morgan fingerprint density at radius 2 is 2.31 bits per heavy atom. The van der Waals surface area contributed by atoms with E-state index >= 15 is 0 Å². The molecule has 1 aromatic rings. The first kappa shape index (κ1) is 12.4. The Balaban J connectivity index is 2.62. The molecule has 0 aliphatic rings. The normalized spacial score (nSPS) is 11.9. The Hall–Kier alpha value is -1.62. The van der Waals surface area contributed by atoms with Gasteiger partial charge < -0.3 is 10.4 Å². The maximum atomic E-state index is 11.6. The van der Waals surface area contributed by atoms with Crippen molar-refractivity contribution < 1.29 is 14.7 Å². The third kappa shape index (κ3) is 3.86. The number of amides is 1. The highest BCUT2D eigenvalue weighted by Gasteiger charge is 2.12. The number of carbonyl (C=O) groups is 2. The van der Waals surface area contributed by atoms with Gasteiger partial charge in [0.05, 0.1) is 6.42 Å². The summed E-state index contributed by atoms with van der Waals surface area (Å²) in [6.45, 7) is 1.62. The van der Waals surface area contributed by atoms with E-state index in [9.17, 15) is 9.59 Å². The minimum Gasteiger partial charge on any atom is -0.481 e. The monoisotopic (exact) mass is 242 g/mol. The molecule has 1 atom stereocenters. The van der Waals surface area contributed by atoms with Gasteiger partial charge in [0.15, 0.2) is 0 Å². The average Bonchev–Trinajstić information content (AvgIpc) is 2.16. The van der Waals surface area contributed by atoms with Crippen molar-refractivity contribution in [3.8, 4) is 0 Å². The van der Waals surface area contributed by atoms with E-state index in [4.69, 9.17) is 16.7 Å². The Labute approximate surface area is 97.4 Å². The largest absolute Gasteiger partial charge is 0.481 e. The topological polar surface area (TPSA) is 79.3 Å². The number of aromatic nitrogens is 1. The molecule has 5 nitrogen and oxygen atoms in total. The van der Waals surface area contributed by atoms with Gasteiger partial charge in [0.25, 0.3) is 5.91 Å². The van der Waals surface area contributed by atoms with Gasteiger partial charge in [-0.15, -0.1) is 0 Å². The van der Waals surface area contributed by atoms with Gasteiger partial charge in [-0.3, -0.25) is 9.59 Å². The van der Waals surface area contributed by atoms with Gasteiger partial charge in [-0.05, 0) is 19.1 Å². The molecular formula is C10H11ClN2O3. The zero-order valence-corrected chi connectivity index (χ0v) is 9.36. The van der Waals surface area contributed by atoms with E-state index in [0.29, 0.717) is 5.56 Å². The number of hydrogen-bond donors (Lipinski definition) is 2. The molecule has 1 heterocycles. The van der Waals surface area contributed by atoms with Crippen molar-refractivity contribution in [1.82, 2.24) is 10.3 Å². The maximum absolute atomic E-state index is 11.6. The molecule has 6 heteroatoms. The first-order chi connectivity index (χ1) is 7.49. The van der Waals surface area contributed by atoms with Gasteiger partial charge in [0.1, 0.15) is 5.15 Å². The second kappa shape index (κ2) is 5.46. The third-order valence-electron chi connectivity index (χ3n) is 1.85. The fourth-order valence-corrected chi connectivity index (χ4v) is 1.34. The summed E-state index contributed by atoms with van der Waals surface area (Å²) in [6.07, 6.45) is 1.30. The summed E-state index contributed by atoms with van der Waals surface area (Å²) >= 11 is 5.62. The average molecular weight is 243 g/mol. The molecule has 0 bridgehead atoms. The van der Waals surface area contributed by atoms with Crippen LogP contribution < -0.4 is 5.32 Å². The summed E-state index contributed by atoms with van der Waals surface area (Å²) in [5.74, 6) is -1.32. The fourth-order valence-electron chi connectivity index (χ4n) is 1.16. The minimum atomic E-state index is -0.958. The summed E-state index contributed by atoms with van der Waals surface area (Å²) < 4.78 is 0. The fraction of sp³-hybridized carbons (Fsp3) is 0.300. The molecule has 86 valence electrons. The number of carboxylic acid groups (broad SMARTS) is 1. The van der Waals surface area contributed by atoms with Crippen LogP contribution in [0.25, 0.3) is 0 Å². The van der Waals surface area contributed by atoms with Gasteiger partial charge in [-0.2, -0.15) is 0 Å². The van der Waals surface area contributed by atoms with E-state index in [1.165, 1.54) is 18.3 Å². The van der Waals surface area contributed by atoms with E-state index in [1.54, 1.807) is 6.92 Å². The van der Waals surface area contributed by atoms with Crippen LogP contribution in [0.1, 0.15) is 23.7 Å². The third-order valence-corrected chi connectivity index (χ3v) is 2.05. The van der Waals surface area contributed by atoms with Crippen molar-refractivity contribution >= 4 is 23.5 Å². The maximum Gasteiger partial charge on any atom is 0.305 e. The lowest BCUT2D eigenvalue weighted by atomic mass is 10.2. The van der Waals surface area contributed by atoms with Gasteiger partial charge in [0, 0.05) is 17.8 Å². The molecule has 1 amide bonds. The zero-order valence-electron chi connectivity index (χ0n) is 8.61. The van der Waals surface area contributed by atoms with E-state index in [0.717, 1.165) is 0 Å². The second-order valence-electron chi connectivity index (χ2n) is 3.34. The Morgan fingerprint density at radius 3 is 2.88 bits per heavy atom. The molecule has 1 rings (SSSR count). The van der Waals surface area contributed by atoms with Crippen LogP contribution in [0, 0.1) is 0 Å². The molecule has 1 aromatic heterocycles. The second-order valence-corrected chi connectivity index (χ2v) is 3.73. The van der Waals surface area contributed by atoms with Crippen LogP contribution in [-0.2, 0) is 4.79 Å². The quantitative estimate of drug-likeness (QED) is 0.781. The van der Waals surface area contributed by atoms with Crippen LogP contribution in [0.15, 0.2) is 18.3 Å². The summed E-state index contributed by atoms with van der Waals surface area (Å²) in [4.78, 5) is 25.7. The highest BCUT2D eigenvalue weighted by Crippen LogP contribution is 2.07. The predicted molar refractivity (Wildman–Crippen MR) is 58.4 cm³/mol. The molecule has 1 unspecified atom stereocenters. The molecule has 2 N–H and O–H groups in total. The molecule has 0 radical (unpaired) electrons. The van der Waals surface area contributed by atoms with E-state index < -0.39 is 12.0 Å². The number of pyridine rings is 1. The van der Waals surface area contributed by atoms with Gasteiger partial charge in [0.2, 0.25) is 0 Å². The Kier molecular flexibility index (Phi) is 4.25. The van der Waals surface area contributed by atoms with Gasteiger partial charge in [-0.25, -0.2) is 4.98 Å². The first-order valence-electron chi connectivity index (χ1n) is 4.63. The highest BCUT2D eigenvalue weighted by atomic mass is 35.5. The van der Waals surface area contributed by atoms with Gasteiger partial charge in [-0.1, -0.05) is 11.6 Å². The minimum absolute atomic E-state index is 0.120. The number of nitrogens with one attached hydrogen (secondary N) is 1. The van der Waals surface area contributed by atoms with Crippen molar-refractivity contribution in [3.63, 3.8) is 0 Å². The number of halogens is 1. The predicted octanol–water partition coefficient (Wildman–Crippen LogP) is 1.33. The van der Waals surface area contributed by atoms with Gasteiger partial charge >= 0.3 is 5.97 Å². The van der Waals surface area contributed by atoms with Crippen LogP contribution in [0.2, 0.25) is 5.15 Å². The van der Waals surface area contributed by atoms with E-state index in [-0.39, 0.29) is 17.5 Å². The van der Waals surface area contributed by atoms with Crippen molar-refractivity contribution in [2.24, 2.45) is 0 Å².